The van der Waals surface area contributed by atoms with E-state index in [-0.39, 0.29) is 6.42 Å². The fourth-order valence-corrected chi connectivity index (χ4v) is 1.53. The first kappa shape index (κ1) is 10.8. The van der Waals surface area contributed by atoms with E-state index in [1.54, 1.807) is 6.26 Å². The zero-order chi connectivity index (χ0) is 9.84. The number of rotatable bonds is 3. The van der Waals surface area contributed by atoms with Gasteiger partial charge in [0.2, 0.25) is 0 Å². The molecule has 76 valence electrons. The molecule has 0 spiro atoms. The van der Waals surface area contributed by atoms with Crippen molar-refractivity contribution in [2.45, 2.75) is 31.3 Å². The van der Waals surface area contributed by atoms with Crippen molar-refractivity contribution in [2.24, 2.45) is 0 Å². The maximum Gasteiger partial charge on any atom is 0.333 e. The summed E-state index contributed by atoms with van der Waals surface area (Å²) in [4.78, 5) is 10.6. The minimum absolute atomic E-state index is 0.129. The summed E-state index contributed by atoms with van der Waals surface area (Å²) in [6.45, 7) is 0. The van der Waals surface area contributed by atoms with E-state index < -0.39 is 24.5 Å². The molecule has 1 rings (SSSR count). The smallest absolute Gasteiger partial charge is 0.333 e. The molecule has 0 aromatic rings. The van der Waals surface area contributed by atoms with Crippen molar-refractivity contribution < 1.29 is 23.9 Å². The lowest BCUT2D eigenvalue weighted by molar-refractivity contribution is -0.192. The van der Waals surface area contributed by atoms with Crippen LogP contribution in [0.15, 0.2) is 0 Å². The molecule has 1 heterocycles. The molecule has 1 fully saturated rings. The predicted octanol–water partition coefficient (Wildman–Crippen LogP) is 0.232. The van der Waals surface area contributed by atoms with Gasteiger partial charge in [-0.25, -0.2) is 4.79 Å². The second-order valence-electron chi connectivity index (χ2n) is 2.78. The van der Waals surface area contributed by atoms with Crippen molar-refractivity contribution in [1.29, 1.82) is 0 Å². The Balaban J connectivity index is 2.47. The molecule has 0 saturated carbocycles. The van der Waals surface area contributed by atoms with Crippen LogP contribution in [0.3, 0.4) is 0 Å². The zero-order valence-electron chi connectivity index (χ0n) is 7.17. The van der Waals surface area contributed by atoms with E-state index in [9.17, 15) is 9.90 Å². The van der Waals surface area contributed by atoms with Crippen LogP contribution in [0.2, 0.25) is 0 Å². The van der Waals surface area contributed by atoms with Crippen LogP contribution in [0.1, 0.15) is 12.8 Å². The van der Waals surface area contributed by atoms with E-state index in [0.717, 1.165) is 12.0 Å². The third kappa shape index (κ3) is 3.15. The second kappa shape index (κ2) is 4.80. The lowest BCUT2D eigenvalue weighted by atomic mass is 10.1. The molecule has 5 nitrogen and oxygen atoms in total. The van der Waals surface area contributed by atoms with E-state index in [2.05, 4.69) is 0 Å². The minimum atomic E-state index is -1.06. The van der Waals surface area contributed by atoms with Crippen LogP contribution in [-0.4, -0.2) is 40.9 Å². The molecule has 3 atom stereocenters. The number of hydrogen-bond acceptors (Lipinski definition) is 5. The van der Waals surface area contributed by atoms with Crippen LogP contribution in [0.5, 0.6) is 0 Å². The number of aliphatic hydroxyl groups excluding tert-OH is 1. The highest BCUT2D eigenvalue weighted by molar-refractivity contribution is 7.93. The van der Waals surface area contributed by atoms with E-state index in [4.69, 9.17) is 14.0 Å². The second-order valence-corrected chi connectivity index (χ2v) is 3.31. The zero-order valence-corrected chi connectivity index (χ0v) is 7.99. The lowest BCUT2D eigenvalue weighted by Crippen LogP contribution is -2.40. The molecular formula is C7H12O5S. The first-order chi connectivity index (χ1) is 6.13. The molecule has 0 bridgehead atoms. The van der Waals surface area contributed by atoms with Gasteiger partial charge in [-0.2, -0.15) is 0 Å². The molecule has 6 heteroatoms. The Kier molecular flexibility index (Phi) is 3.98. The highest BCUT2D eigenvalue weighted by Gasteiger charge is 2.33. The summed E-state index contributed by atoms with van der Waals surface area (Å²) in [5, 5.41) is 17.9. The molecule has 1 aliphatic rings. The standard InChI is InChI=1S/C7H12O5S/c1-13-12-6-3-4(8)2-5(11-6)7(9)10/h4-6,8H,2-3H2,1H3,(H,9,10)/t4-,5-,6-/m1/s1. The summed E-state index contributed by atoms with van der Waals surface area (Å²) in [5.41, 5.74) is 0. The molecule has 0 radical (unpaired) electrons. The van der Waals surface area contributed by atoms with E-state index >= 15 is 0 Å². The summed E-state index contributed by atoms with van der Waals surface area (Å²) in [5.74, 6) is -1.06. The SMILES string of the molecule is CSO[C@@H]1C[C@H](O)C[C@H](C(=O)O)O1. The Hall–Kier alpha value is -0.300. The van der Waals surface area contributed by atoms with Gasteiger partial charge in [0.05, 0.1) is 6.10 Å². The number of hydrogen-bond donors (Lipinski definition) is 2. The van der Waals surface area contributed by atoms with Crippen molar-refractivity contribution in [3.8, 4) is 0 Å². The molecule has 0 amide bonds. The Bertz CT molecular complexity index is 186. The molecule has 0 aromatic carbocycles. The number of carbonyl (C=O) groups is 1. The van der Waals surface area contributed by atoms with Crippen molar-refractivity contribution in [3.05, 3.63) is 0 Å². The van der Waals surface area contributed by atoms with Crippen molar-refractivity contribution in [2.75, 3.05) is 6.26 Å². The molecule has 0 unspecified atom stereocenters. The lowest BCUT2D eigenvalue weighted by Gasteiger charge is -2.29. The molecule has 13 heavy (non-hydrogen) atoms. The van der Waals surface area contributed by atoms with Crippen molar-refractivity contribution in [3.63, 3.8) is 0 Å². The molecule has 1 saturated heterocycles. The van der Waals surface area contributed by atoms with Crippen molar-refractivity contribution >= 4 is 18.0 Å². The van der Waals surface area contributed by atoms with Crippen LogP contribution in [0.25, 0.3) is 0 Å². The van der Waals surface area contributed by atoms with Gasteiger partial charge in [-0.3, -0.25) is 4.18 Å². The van der Waals surface area contributed by atoms with Gasteiger partial charge in [0.25, 0.3) is 0 Å². The average molecular weight is 208 g/mol. The normalized spacial score (nSPS) is 34.5. The summed E-state index contributed by atoms with van der Waals surface area (Å²) in [7, 11) is 0. The highest BCUT2D eigenvalue weighted by Crippen LogP contribution is 2.22. The van der Waals surface area contributed by atoms with Gasteiger partial charge >= 0.3 is 5.97 Å². The first-order valence-corrected chi connectivity index (χ1v) is 5.04. The van der Waals surface area contributed by atoms with Gasteiger partial charge < -0.3 is 14.9 Å². The van der Waals surface area contributed by atoms with Gasteiger partial charge in [-0.05, 0) is 12.0 Å². The topological polar surface area (TPSA) is 76.0 Å². The maximum absolute atomic E-state index is 10.6. The molecule has 0 aliphatic carbocycles. The summed E-state index contributed by atoms with van der Waals surface area (Å²) < 4.78 is 10.1. The highest BCUT2D eigenvalue weighted by atomic mass is 32.2. The molecule has 2 N–H and O–H groups in total. The van der Waals surface area contributed by atoms with Gasteiger partial charge in [-0.15, -0.1) is 0 Å². The van der Waals surface area contributed by atoms with Crippen LogP contribution in [-0.2, 0) is 13.7 Å². The molecular weight excluding hydrogens is 196 g/mol. The third-order valence-electron chi connectivity index (χ3n) is 1.75. The van der Waals surface area contributed by atoms with E-state index in [1.807, 2.05) is 0 Å². The van der Waals surface area contributed by atoms with E-state index in [0.29, 0.717) is 6.42 Å². The Morgan fingerprint density at radius 3 is 2.85 bits per heavy atom. The van der Waals surface area contributed by atoms with Gasteiger partial charge in [-0.1, -0.05) is 0 Å². The van der Waals surface area contributed by atoms with E-state index in [1.165, 1.54) is 0 Å². The number of ether oxygens (including phenoxy) is 1. The Morgan fingerprint density at radius 2 is 2.31 bits per heavy atom. The monoisotopic (exact) mass is 208 g/mol. The number of carboxylic acids is 1. The summed E-state index contributed by atoms with van der Waals surface area (Å²) >= 11 is 1.09. The first-order valence-electron chi connectivity index (χ1n) is 3.89. The quantitative estimate of drug-likeness (QED) is 0.647. The van der Waals surface area contributed by atoms with Crippen LogP contribution in [0, 0.1) is 0 Å². The maximum atomic E-state index is 10.6. The fourth-order valence-electron chi connectivity index (χ4n) is 1.19. The Labute approximate surface area is 80.2 Å². The van der Waals surface area contributed by atoms with Crippen LogP contribution >= 0.6 is 12.0 Å². The number of carboxylic acid groups (broad SMARTS) is 1. The molecule has 0 aromatic heterocycles. The predicted molar refractivity (Wildman–Crippen MR) is 46.1 cm³/mol. The Morgan fingerprint density at radius 1 is 1.62 bits per heavy atom. The number of aliphatic hydroxyl groups is 1. The number of aliphatic carboxylic acids is 1. The van der Waals surface area contributed by atoms with Crippen LogP contribution < -0.4 is 0 Å². The largest absolute Gasteiger partial charge is 0.479 e. The minimum Gasteiger partial charge on any atom is -0.479 e. The fraction of sp³-hybridized carbons (Fsp3) is 0.857. The van der Waals surface area contributed by atoms with Gasteiger partial charge in [0.15, 0.2) is 12.4 Å². The average Bonchev–Trinajstić information content (AvgIpc) is 2.03. The van der Waals surface area contributed by atoms with Crippen molar-refractivity contribution in [1.82, 2.24) is 0 Å². The summed E-state index contributed by atoms with van der Waals surface area (Å²) in [6.07, 6.45) is -0.0818. The molecule has 1 aliphatic heterocycles. The van der Waals surface area contributed by atoms with Gasteiger partial charge in [0.1, 0.15) is 0 Å². The third-order valence-corrected chi connectivity index (χ3v) is 2.15. The van der Waals surface area contributed by atoms with Crippen LogP contribution in [0.4, 0.5) is 0 Å². The summed E-state index contributed by atoms with van der Waals surface area (Å²) in [6, 6.07) is 0. The van der Waals surface area contributed by atoms with Gasteiger partial charge in [0, 0.05) is 19.1 Å².